The van der Waals surface area contributed by atoms with Gasteiger partial charge in [-0.1, -0.05) is 12.1 Å². The lowest BCUT2D eigenvalue weighted by atomic mass is 9.99. The summed E-state index contributed by atoms with van der Waals surface area (Å²) in [6.45, 7) is 4.91. The molecule has 0 amide bonds. The van der Waals surface area contributed by atoms with E-state index in [1.807, 2.05) is 25.1 Å². The molecule has 1 saturated heterocycles. The molecule has 1 unspecified atom stereocenters. The van der Waals surface area contributed by atoms with Crippen molar-refractivity contribution in [2.24, 2.45) is 5.92 Å². The van der Waals surface area contributed by atoms with Crippen LogP contribution in [0.25, 0.3) is 0 Å². The first-order valence-corrected chi connectivity index (χ1v) is 6.39. The molecule has 1 aliphatic heterocycles. The van der Waals surface area contributed by atoms with Gasteiger partial charge in [-0.05, 0) is 56.0 Å². The molecular formula is C14H21FN2. The number of benzene rings is 1. The molecule has 1 atom stereocenters. The van der Waals surface area contributed by atoms with Crippen molar-refractivity contribution in [3.05, 3.63) is 29.3 Å². The van der Waals surface area contributed by atoms with Gasteiger partial charge in [-0.15, -0.1) is 0 Å². The number of piperidine rings is 1. The average Bonchev–Trinajstić information content (AvgIpc) is 2.38. The number of halogens is 1. The molecule has 2 nitrogen and oxygen atoms in total. The summed E-state index contributed by atoms with van der Waals surface area (Å²) in [4.78, 5) is 0. The molecule has 0 aromatic heterocycles. The second-order valence-electron chi connectivity index (χ2n) is 4.88. The maximum atomic E-state index is 12.5. The fourth-order valence-corrected chi connectivity index (χ4v) is 2.36. The molecule has 0 saturated carbocycles. The normalized spacial score (nSPS) is 20.2. The Morgan fingerprint density at radius 2 is 2.35 bits per heavy atom. The van der Waals surface area contributed by atoms with Crippen LogP contribution in [-0.2, 0) is 6.67 Å². The molecular weight excluding hydrogens is 215 g/mol. The van der Waals surface area contributed by atoms with Crippen LogP contribution in [0.3, 0.4) is 0 Å². The number of hydrogen-bond acceptors (Lipinski definition) is 2. The van der Waals surface area contributed by atoms with Crippen molar-refractivity contribution >= 4 is 5.69 Å². The van der Waals surface area contributed by atoms with Crippen LogP contribution in [0.5, 0.6) is 0 Å². The largest absolute Gasteiger partial charge is 0.385 e. The summed E-state index contributed by atoms with van der Waals surface area (Å²) in [5.74, 6) is 0.712. The fraction of sp³-hybridized carbons (Fsp3) is 0.571. The summed E-state index contributed by atoms with van der Waals surface area (Å²) >= 11 is 0. The molecule has 0 aliphatic carbocycles. The van der Waals surface area contributed by atoms with E-state index in [2.05, 4.69) is 10.6 Å². The predicted molar refractivity (Wildman–Crippen MR) is 70.1 cm³/mol. The highest BCUT2D eigenvalue weighted by atomic mass is 19.1. The van der Waals surface area contributed by atoms with E-state index < -0.39 is 0 Å². The number of anilines is 1. The van der Waals surface area contributed by atoms with Crippen LogP contribution in [0, 0.1) is 12.8 Å². The van der Waals surface area contributed by atoms with Gasteiger partial charge in [0.2, 0.25) is 0 Å². The summed E-state index contributed by atoms with van der Waals surface area (Å²) in [5, 5.41) is 6.89. The minimum atomic E-state index is -0.381. The molecule has 3 heteroatoms. The first-order valence-electron chi connectivity index (χ1n) is 6.39. The van der Waals surface area contributed by atoms with Crippen LogP contribution in [0.4, 0.5) is 10.1 Å². The molecule has 1 aliphatic rings. The van der Waals surface area contributed by atoms with Gasteiger partial charge in [0.25, 0.3) is 0 Å². The molecule has 0 spiro atoms. The zero-order valence-electron chi connectivity index (χ0n) is 10.4. The maximum absolute atomic E-state index is 12.5. The first kappa shape index (κ1) is 12.4. The molecule has 0 bridgehead atoms. The van der Waals surface area contributed by atoms with Crippen molar-refractivity contribution in [2.45, 2.75) is 26.4 Å². The third-order valence-corrected chi connectivity index (χ3v) is 3.43. The zero-order valence-corrected chi connectivity index (χ0v) is 10.4. The van der Waals surface area contributed by atoms with Gasteiger partial charge in [-0.25, -0.2) is 4.39 Å². The van der Waals surface area contributed by atoms with E-state index in [0.29, 0.717) is 5.92 Å². The SMILES string of the molecule is Cc1cc(CF)ccc1NCC1CCCNC1. The summed E-state index contributed by atoms with van der Waals surface area (Å²) in [5.41, 5.74) is 3.02. The second kappa shape index (κ2) is 6.01. The van der Waals surface area contributed by atoms with Gasteiger partial charge in [0.05, 0.1) is 0 Å². The highest BCUT2D eigenvalue weighted by Crippen LogP contribution is 2.18. The topological polar surface area (TPSA) is 24.1 Å². The number of hydrogen-bond donors (Lipinski definition) is 2. The van der Waals surface area contributed by atoms with E-state index in [4.69, 9.17) is 0 Å². The zero-order chi connectivity index (χ0) is 12.1. The molecule has 2 N–H and O–H groups in total. The molecule has 0 radical (unpaired) electrons. The molecule has 1 aromatic rings. The Morgan fingerprint density at radius 1 is 1.47 bits per heavy atom. The van der Waals surface area contributed by atoms with Gasteiger partial charge >= 0.3 is 0 Å². The Kier molecular flexibility index (Phi) is 4.37. The van der Waals surface area contributed by atoms with Gasteiger partial charge in [0, 0.05) is 12.2 Å². The number of rotatable bonds is 4. The average molecular weight is 236 g/mol. The summed E-state index contributed by atoms with van der Waals surface area (Å²) in [6.07, 6.45) is 2.56. The summed E-state index contributed by atoms with van der Waals surface area (Å²) in [7, 11) is 0. The standard InChI is InChI=1S/C14H21FN2/c1-11-7-12(8-15)4-5-14(11)17-10-13-3-2-6-16-9-13/h4-5,7,13,16-17H,2-3,6,8-10H2,1H3. The van der Waals surface area contributed by atoms with Gasteiger partial charge in [0.15, 0.2) is 0 Å². The first-order chi connectivity index (χ1) is 8.29. The van der Waals surface area contributed by atoms with Crippen molar-refractivity contribution in [3.63, 3.8) is 0 Å². The van der Waals surface area contributed by atoms with Crippen LogP contribution >= 0.6 is 0 Å². The van der Waals surface area contributed by atoms with E-state index in [9.17, 15) is 4.39 Å². The molecule has 1 aromatic carbocycles. The Balaban J connectivity index is 1.89. The van der Waals surface area contributed by atoms with Gasteiger partial charge in [-0.3, -0.25) is 0 Å². The van der Waals surface area contributed by atoms with Gasteiger partial charge in [-0.2, -0.15) is 0 Å². The van der Waals surface area contributed by atoms with Crippen molar-refractivity contribution in [2.75, 3.05) is 25.0 Å². The summed E-state index contributed by atoms with van der Waals surface area (Å²) < 4.78 is 12.5. The smallest absolute Gasteiger partial charge is 0.115 e. The van der Waals surface area contributed by atoms with E-state index in [0.717, 1.165) is 36.4 Å². The van der Waals surface area contributed by atoms with Crippen LogP contribution in [0.1, 0.15) is 24.0 Å². The Hall–Kier alpha value is -1.09. The van der Waals surface area contributed by atoms with Crippen LogP contribution < -0.4 is 10.6 Å². The number of aryl methyl sites for hydroxylation is 1. The molecule has 1 fully saturated rings. The highest BCUT2D eigenvalue weighted by Gasteiger charge is 2.12. The third-order valence-electron chi connectivity index (χ3n) is 3.43. The molecule has 94 valence electrons. The van der Waals surface area contributed by atoms with Crippen LogP contribution in [-0.4, -0.2) is 19.6 Å². The summed E-state index contributed by atoms with van der Waals surface area (Å²) in [6, 6.07) is 5.76. The Bertz CT molecular complexity index is 359. The van der Waals surface area contributed by atoms with Gasteiger partial charge < -0.3 is 10.6 Å². The lowest BCUT2D eigenvalue weighted by Crippen LogP contribution is -2.33. The minimum Gasteiger partial charge on any atom is -0.385 e. The van der Waals surface area contributed by atoms with Crippen molar-refractivity contribution in [1.29, 1.82) is 0 Å². The lowest BCUT2D eigenvalue weighted by molar-refractivity contribution is 0.393. The maximum Gasteiger partial charge on any atom is 0.115 e. The Labute approximate surface area is 103 Å². The lowest BCUT2D eigenvalue weighted by Gasteiger charge is -2.23. The number of nitrogens with one attached hydrogen (secondary N) is 2. The fourth-order valence-electron chi connectivity index (χ4n) is 2.36. The minimum absolute atomic E-state index is 0.381. The molecule has 17 heavy (non-hydrogen) atoms. The highest BCUT2D eigenvalue weighted by molar-refractivity contribution is 5.52. The monoisotopic (exact) mass is 236 g/mol. The quantitative estimate of drug-likeness (QED) is 0.840. The van der Waals surface area contributed by atoms with Crippen molar-refractivity contribution in [1.82, 2.24) is 5.32 Å². The van der Waals surface area contributed by atoms with Crippen molar-refractivity contribution in [3.8, 4) is 0 Å². The third kappa shape index (κ3) is 3.43. The Morgan fingerprint density at radius 3 is 3.00 bits per heavy atom. The van der Waals surface area contributed by atoms with E-state index >= 15 is 0 Å². The van der Waals surface area contributed by atoms with Crippen molar-refractivity contribution < 1.29 is 4.39 Å². The molecule has 2 rings (SSSR count). The van der Waals surface area contributed by atoms with E-state index in [1.165, 1.54) is 12.8 Å². The van der Waals surface area contributed by atoms with Crippen LogP contribution in [0.15, 0.2) is 18.2 Å². The molecule has 1 heterocycles. The number of alkyl halides is 1. The van der Waals surface area contributed by atoms with E-state index in [1.54, 1.807) is 0 Å². The van der Waals surface area contributed by atoms with Crippen LogP contribution in [0.2, 0.25) is 0 Å². The van der Waals surface area contributed by atoms with E-state index in [-0.39, 0.29) is 6.67 Å². The second-order valence-corrected chi connectivity index (χ2v) is 4.88. The van der Waals surface area contributed by atoms with Gasteiger partial charge in [0.1, 0.15) is 6.67 Å². The predicted octanol–water partition coefficient (Wildman–Crippen LogP) is 2.88.